The van der Waals surface area contributed by atoms with Crippen LogP contribution in [0, 0.1) is 0 Å². The smallest absolute Gasteiger partial charge is 0.328 e. The van der Waals surface area contributed by atoms with Gasteiger partial charge in [-0.05, 0) is 23.8 Å². The van der Waals surface area contributed by atoms with Gasteiger partial charge in [0.25, 0.3) is 0 Å². The Morgan fingerprint density at radius 2 is 2.24 bits per heavy atom. The molecule has 0 radical (unpaired) electrons. The second-order valence-electron chi connectivity index (χ2n) is 3.17. The summed E-state index contributed by atoms with van der Waals surface area (Å²) in [6, 6.07) is 4.94. The molecular weight excluding hydrogens is 263 g/mol. The number of hydrogen-bond acceptors (Lipinski definition) is 2. The van der Waals surface area contributed by atoms with Crippen molar-refractivity contribution in [1.29, 1.82) is 0 Å². The maximum atomic E-state index is 10.3. The maximum Gasteiger partial charge on any atom is 0.328 e. The summed E-state index contributed by atoms with van der Waals surface area (Å²) >= 11 is 11.5. The van der Waals surface area contributed by atoms with Crippen LogP contribution in [-0.4, -0.2) is 17.7 Å². The van der Waals surface area contributed by atoms with Crippen LogP contribution in [0.2, 0.25) is 5.02 Å². The highest BCUT2D eigenvalue weighted by Gasteiger charge is 2.02. The average Bonchev–Trinajstić information content (AvgIpc) is 2.24. The highest BCUT2D eigenvalue weighted by Crippen LogP contribution is 2.26. The molecule has 1 aromatic carbocycles. The van der Waals surface area contributed by atoms with Crippen molar-refractivity contribution in [3.63, 3.8) is 0 Å². The maximum absolute atomic E-state index is 10.3. The number of carbonyl (C=O) groups is 1. The topological polar surface area (TPSA) is 46.5 Å². The van der Waals surface area contributed by atoms with Crippen molar-refractivity contribution >= 4 is 35.2 Å². The average molecular weight is 273 g/mol. The summed E-state index contributed by atoms with van der Waals surface area (Å²) in [4.78, 5) is 10.3. The fraction of sp³-hybridized carbons (Fsp3) is 0.0833. The molecule has 90 valence electrons. The molecule has 0 amide bonds. The van der Waals surface area contributed by atoms with E-state index in [1.165, 1.54) is 6.08 Å². The molecule has 1 aromatic rings. The van der Waals surface area contributed by atoms with Gasteiger partial charge in [-0.1, -0.05) is 35.8 Å². The lowest BCUT2D eigenvalue weighted by Gasteiger charge is -2.07. The summed E-state index contributed by atoms with van der Waals surface area (Å²) in [5.41, 5.74) is 0.675. The highest BCUT2D eigenvalue weighted by atomic mass is 35.5. The van der Waals surface area contributed by atoms with E-state index in [-0.39, 0.29) is 6.61 Å². The van der Waals surface area contributed by atoms with Crippen LogP contribution in [0.4, 0.5) is 0 Å². The molecule has 0 heterocycles. The van der Waals surface area contributed by atoms with E-state index in [9.17, 15) is 4.79 Å². The lowest BCUT2D eigenvalue weighted by Crippen LogP contribution is -1.96. The first-order valence-corrected chi connectivity index (χ1v) is 5.41. The summed E-state index contributed by atoms with van der Waals surface area (Å²) in [5, 5.41) is 9.23. The lowest BCUT2D eigenvalue weighted by molar-refractivity contribution is -0.131. The first-order chi connectivity index (χ1) is 7.99. The first kappa shape index (κ1) is 13.6. The van der Waals surface area contributed by atoms with Crippen LogP contribution >= 0.6 is 23.2 Å². The molecule has 0 aliphatic heterocycles. The second kappa shape index (κ2) is 6.33. The molecule has 0 aliphatic carbocycles. The molecule has 0 aromatic heterocycles. The summed E-state index contributed by atoms with van der Waals surface area (Å²) in [5.74, 6) is -0.541. The van der Waals surface area contributed by atoms with Crippen LogP contribution in [0.25, 0.3) is 6.08 Å². The van der Waals surface area contributed by atoms with Gasteiger partial charge in [0, 0.05) is 11.1 Å². The summed E-state index contributed by atoms with van der Waals surface area (Å²) in [6.45, 7) is 3.66. The summed E-state index contributed by atoms with van der Waals surface area (Å²) < 4.78 is 5.27. The van der Waals surface area contributed by atoms with E-state index < -0.39 is 5.97 Å². The van der Waals surface area contributed by atoms with Crippen molar-refractivity contribution < 1.29 is 14.6 Å². The van der Waals surface area contributed by atoms with Gasteiger partial charge in [0.1, 0.15) is 12.4 Å². The number of carboxylic acid groups (broad SMARTS) is 1. The molecule has 17 heavy (non-hydrogen) atoms. The molecule has 0 spiro atoms. The molecule has 0 unspecified atom stereocenters. The Morgan fingerprint density at radius 3 is 2.76 bits per heavy atom. The second-order valence-corrected chi connectivity index (χ2v) is 4.11. The Labute approximate surface area is 109 Å². The van der Waals surface area contributed by atoms with Crippen LogP contribution < -0.4 is 4.74 Å². The number of hydrogen-bond donors (Lipinski definition) is 1. The standard InChI is InChI=1S/C12H10Cl2O3/c1-8(13)7-17-11-4-2-9(6-10(11)14)3-5-12(15)16/h2-6H,1,7H2,(H,15,16). The van der Waals surface area contributed by atoms with E-state index in [4.69, 9.17) is 33.0 Å². The minimum absolute atomic E-state index is 0.172. The van der Waals surface area contributed by atoms with Gasteiger partial charge in [-0.15, -0.1) is 0 Å². The van der Waals surface area contributed by atoms with Crippen LogP contribution in [0.1, 0.15) is 5.56 Å². The Morgan fingerprint density at radius 1 is 1.53 bits per heavy atom. The van der Waals surface area contributed by atoms with Crippen molar-refractivity contribution in [2.24, 2.45) is 0 Å². The van der Waals surface area contributed by atoms with E-state index in [0.717, 1.165) is 6.08 Å². The summed E-state index contributed by atoms with van der Waals surface area (Å²) in [7, 11) is 0. The first-order valence-electron chi connectivity index (χ1n) is 4.65. The molecule has 0 aliphatic rings. The third kappa shape index (κ3) is 4.93. The predicted molar refractivity (Wildman–Crippen MR) is 68.6 cm³/mol. The Bertz CT molecular complexity index is 467. The Hall–Kier alpha value is -1.45. The third-order valence-electron chi connectivity index (χ3n) is 1.76. The van der Waals surface area contributed by atoms with Crippen molar-refractivity contribution in [3.05, 3.63) is 46.5 Å². The molecular formula is C12H10Cl2O3. The van der Waals surface area contributed by atoms with Crippen LogP contribution in [0.15, 0.2) is 35.9 Å². The molecule has 0 saturated heterocycles. The fourth-order valence-electron chi connectivity index (χ4n) is 1.06. The van der Waals surface area contributed by atoms with Crippen molar-refractivity contribution in [3.8, 4) is 5.75 Å². The number of benzene rings is 1. The zero-order valence-electron chi connectivity index (χ0n) is 8.82. The van der Waals surface area contributed by atoms with Crippen LogP contribution in [-0.2, 0) is 4.79 Å². The predicted octanol–water partition coefficient (Wildman–Crippen LogP) is 3.57. The third-order valence-corrected chi connectivity index (χ3v) is 2.16. The van der Waals surface area contributed by atoms with E-state index in [1.807, 2.05) is 0 Å². The number of aliphatic carboxylic acids is 1. The molecule has 0 bridgehead atoms. The Balaban J connectivity index is 2.79. The minimum Gasteiger partial charge on any atom is -0.486 e. The van der Waals surface area contributed by atoms with E-state index in [0.29, 0.717) is 21.4 Å². The van der Waals surface area contributed by atoms with Crippen molar-refractivity contribution in [2.45, 2.75) is 0 Å². The normalized spacial score (nSPS) is 10.5. The van der Waals surface area contributed by atoms with Gasteiger partial charge in [0.15, 0.2) is 0 Å². The SMILES string of the molecule is C=C(Cl)COc1ccc(C=CC(=O)O)cc1Cl. The molecule has 0 atom stereocenters. The largest absolute Gasteiger partial charge is 0.486 e. The number of rotatable bonds is 5. The molecule has 5 heteroatoms. The Kier molecular flexibility index (Phi) is 5.07. The van der Waals surface area contributed by atoms with Gasteiger partial charge >= 0.3 is 5.97 Å². The summed E-state index contributed by atoms with van der Waals surface area (Å²) in [6.07, 6.45) is 2.48. The highest BCUT2D eigenvalue weighted by molar-refractivity contribution is 6.32. The number of ether oxygens (including phenoxy) is 1. The number of halogens is 2. The lowest BCUT2D eigenvalue weighted by atomic mass is 10.2. The van der Waals surface area contributed by atoms with E-state index >= 15 is 0 Å². The van der Waals surface area contributed by atoms with Gasteiger partial charge in [0.05, 0.1) is 5.02 Å². The van der Waals surface area contributed by atoms with Crippen LogP contribution in [0.5, 0.6) is 5.75 Å². The van der Waals surface area contributed by atoms with Crippen LogP contribution in [0.3, 0.4) is 0 Å². The molecule has 3 nitrogen and oxygen atoms in total. The number of carboxylic acids is 1. The van der Waals surface area contributed by atoms with Crippen molar-refractivity contribution in [2.75, 3.05) is 6.61 Å². The molecule has 1 rings (SSSR count). The zero-order chi connectivity index (χ0) is 12.8. The quantitative estimate of drug-likeness (QED) is 0.834. The van der Waals surface area contributed by atoms with Crippen molar-refractivity contribution in [1.82, 2.24) is 0 Å². The molecule has 0 fully saturated rings. The van der Waals surface area contributed by atoms with E-state index in [1.54, 1.807) is 18.2 Å². The molecule has 1 N–H and O–H groups in total. The van der Waals surface area contributed by atoms with Gasteiger partial charge < -0.3 is 9.84 Å². The van der Waals surface area contributed by atoms with Gasteiger partial charge in [-0.2, -0.15) is 0 Å². The van der Waals surface area contributed by atoms with Gasteiger partial charge in [0.2, 0.25) is 0 Å². The fourth-order valence-corrected chi connectivity index (χ4v) is 1.36. The van der Waals surface area contributed by atoms with Gasteiger partial charge in [-0.3, -0.25) is 0 Å². The minimum atomic E-state index is -1.01. The van der Waals surface area contributed by atoms with E-state index in [2.05, 4.69) is 6.58 Å². The monoisotopic (exact) mass is 272 g/mol. The molecule has 0 saturated carbocycles. The van der Waals surface area contributed by atoms with Gasteiger partial charge in [-0.25, -0.2) is 4.79 Å². The zero-order valence-corrected chi connectivity index (χ0v) is 10.3.